The van der Waals surface area contributed by atoms with Crippen LogP contribution in [-0.2, 0) is 0 Å². The van der Waals surface area contributed by atoms with Crippen LogP contribution in [0.1, 0.15) is 49.3 Å². The minimum absolute atomic E-state index is 0.699. The van der Waals surface area contributed by atoms with Crippen molar-refractivity contribution in [2.75, 3.05) is 0 Å². The van der Waals surface area contributed by atoms with E-state index in [4.69, 9.17) is 0 Å². The Kier molecular flexibility index (Phi) is 4.00. The highest BCUT2D eigenvalue weighted by Gasteiger charge is 2.14. The smallest absolute Gasteiger partial charge is 0.0630 e. The zero-order valence-corrected chi connectivity index (χ0v) is 12.1. The molecule has 3 rings (SSSR count). The van der Waals surface area contributed by atoms with Crippen molar-refractivity contribution in [3.63, 3.8) is 0 Å². The summed E-state index contributed by atoms with van der Waals surface area (Å²) in [4.78, 5) is 4.54. The van der Waals surface area contributed by atoms with E-state index in [1.165, 1.54) is 43.2 Å². The Morgan fingerprint density at radius 2 is 1.80 bits per heavy atom. The molecule has 0 atom stereocenters. The third-order valence-electron chi connectivity index (χ3n) is 4.13. The lowest BCUT2D eigenvalue weighted by atomic mass is 9.95. The van der Waals surface area contributed by atoms with Gasteiger partial charge < -0.3 is 4.57 Å². The van der Waals surface area contributed by atoms with Crippen molar-refractivity contribution >= 4 is 11.9 Å². The highest BCUT2D eigenvalue weighted by atomic mass is 15.0. The number of benzene rings is 1. The van der Waals surface area contributed by atoms with Gasteiger partial charge in [0.05, 0.1) is 5.69 Å². The van der Waals surface area contributed by atoms with Gasteiger partial charge in [0.15, 0.2) is 0 Å². The maximum absolute atomic E-state index is 4.54. The second-order valence-electron chi connectivity index (χ2n) is 5.78. The Labute approximate surface area is 121 Å². The van der Waals surface area contributed by atoms with E-state index in [9.17, 15) is 0 Å². The first-order valence-electron chi connectivity index (χ1n) is 7.59. The van der Waals surface area contributed by atoms with Gasteiger partial charge in [-0.25, -0.2) is 0 Å². The highest BCUT2D eigenvalue weighted by molar-refractivity contribution is 5.81. The monoisotopic (exact) mass is 266 g/mol. The molecular weight excluding hydrogens is 244 g/mol. The molecule has 1 saturated carbocycles. The Balaban J connectivity index is 1.68. The lowest BCUT2D eigenvalue weighted by Crippen LogP contribution is -2.10. The molecule has 0 radical (unpaired) electrons. The molecule has 0 aliphatic heterocycles. The van der Waals surface area contributed by atoms with Crippen LogP contribution in [-0.4, -0.2) is 10.8 Å². The molecule has 2 nitrogen and oxygen atoms in total. The van der Waals surface area contributed by atoms with Gasteiger partial charge in [-0.15, -0.1) is 0 Å². The molecule has 0 spiro atoms. The summed E-state index contributed by atoms with van der Waals surface area (Å²) in [5.41, 5.74) is 3.48. The van der Waals surface area contributed by atoms with Crippen LogP contribution in [0.3, 0.4) is 0 Å². The van der Waals surface area contributed by atoms with E-state index in [0.29, 0.717) is 6.04 Å². The van der Waals surface area contributed by atoms with Crippen molar-refractivity contribution in [1.82, 2.24) is 4.57 Å². The quantitative estimate of drug-likeness (QED) is 0.691. The van der Waals surface area contributed by atoms with Crippen molar-refractivity contribution in [1.29, 1.82) is 0 Å². The van der Waals surface area contributed by atoms with Gasteiger partial charge in [0.25, 0.3) is 0 Å². The predicted octanol–water partition coefficient (Wildman–Crippen LogP) is 5.05. The van der Waals surface area contributed by atoms with E-state index in [1.54, 1.807) is 0 Å². The van der Waals surface area contributed by atoms with E-state index < -0.39 is 0 Å². The Morgan fingerprint density at radius 1 is 1.05 bits per heavy atom. The highest BCUT2D eigenvalue weighted by Crippen LogP contribution is 2.28. The third-order valence-corrected chi connectivity index (χ3v) is 4.13. The van der Waals surface area contributed by atoms with Gasteiger partial charge in [-0.2, -0.15) is 0 Å². The zero-order valence-electron chi connectivity index (χ0n) is 12.1. The summed E-state index contributed by atoms with van der Waals surface area (Å²) in [5, 5.41) is 0. The molecule has 0 unspecified atom stereocenters. The number of aromatic nitrogens is 1. The summed E-state index contributed by atoms with van der Waals surface area (Å²) in [6, 6.07) is 11.2. The summed E-state index contributed by atoms with van der Waals surface area (Å²) in [5.74, 6) is 0. The van der Waals surface area contributed by atoms with Crippen LogP contribution in [0.25, 0.3) is 0 Å². The molecule has 20 heavy (non-hydrogen) atoms. The lowest BCUT2D eigenvalue weighted by Gasteiger charge is -2.23. The number of aliphatic imine (C=N–C) groups is 1. The molecule has 2 heteroatoms. The largest absolute Gasteiger partial charge is 0.351 e. The molecule has 0 bridgehead atoms. The van der Waals surface area contributed by atoms with Gasteiger partial charge in [0.1, 0.15) is 0 Å². The minimum atomic E-state index is 0.699. The van der Waals surface area contributed by atoms with Crippen LogP contribution in [0.5, 0.6) is 0 Å². The molecule has 1 aromatic carbocycles. The van der Waals surface area contributed by atoms with E-state index in [2.05, 4.69) is 59.2 Å². The topological polar surface area (TPSA) is 17.3 Å². The number of rotatable bonds is 3. The molecule has 1 aliphatic rings. The standard InChI is InChI=1S/C18H22N2/c1-15-7-9-17(10-8-15)19-13-16-11-12-20(14-16)18-5-3-2-4-6-18/h7-14,18H,2-6H2,1H3. The molecule has 1 aromatic heterocycles. The third kappa shape index (κ3) is 3.19. The average Bonchev–Trinajstić information content (AvgIpc) is 2.97. The maximum Gasteiger partial charge on any atom is 0.0630 e. The SMILES string of the molecule is Cc1ccc(N=Cc2ccn(C3CCCCC3)c2)cc1. The molecule has 0 saturated heterocycles. The van der Waals surface area contributed by atoms with Gasteiger partial charge in [-0.05, 0) is 38.0 Å². The lowest BCUT2D eigenvalue weighted by molar-refractivity contribution is 0.354. The first kappa shape index (κ1) is 13.2. The number of hydrogen-bond donors (Lipinski definition) is 0. The second kappa shape index (κ2) is 6.08. The fourth-order valence-corrected chi connectivity index (χ4v) is 2.89. The van der Waals surface area contributed by atoms with Crippen LogP contribution < -0.4 is 0 Å². The summed E-state index contributed by atoms with van der Waals surface area (Å²) in [6.07, 6.45) is 13.2. The Hall–Kier alpha value is -1.83. The van der Waals surface area contributed by atoms with Crippen LogP contribution in [0.2, 0.25) is 0 Å². The van der Waals surface area contributed by atoms with Crippen molar-refractivity contribution in [2.45, 2.75) is 45.1 Å². The van der Waals surface area contributed by atoms with Crippen molar-refractivity contribution < 1.29 is 0 Å². The average molecular weight is 266 g/mol. The second-order valence-corrected chi connectivity index (χ2v) is 5.78. The Morgan fingerprint density at radius 3 is 2.55 bits per heavy atom. The van der Waals surface area contributed by atoms with Gasteiger partial charge in [0, 0.05) is 30.2 Å². The van der Waals surface area contributed by atoms with Gasteiger partial charge in [0.2, 0.25) is 0 Å². The molecule has 0 amide bonds. The minimum Gasteiger partial charge on any atom is -0.351 e. The van der Waals surface area contributed by atoms with Gasteiger partial charge in [-0.3, -0.25) is 4.99 Å². The van der Waals surface area contributed by atoms with Crippen molar-refractivity contribution in [2.24, 2.45) is 4.99 Å². The number of nitrogens with zero attached hydrogens (tertiary/aromatic N) is 2. The van der Waals surface area contributed by atoms with Crippen LogP contribution in [0.4, 0.5) is 5.69 Å². The van der Waals surface area contributed by atoms with Gasteiger partial charge in [-0.1, -0.05) is 37.0 Å². The predicted molar refractivity (Wildman–Crippen MR) is 85.0 cm³/mol. The molecular formula is C18H22N2. The van der Waals surface area contributed by atoms with Crippen molar-refractivity contribution in [3.8, 4) is 0 Å². The molecule has 0 N–H and O–H groups in total. The van der Waals surface area contributed by atoms with Crippen LogP contribution in [0, 0.1) is 6.92 Å². The van der Waals surface area contributed by atoms with E-state index in [-0.39, 0.29) is 0 Å². The molecule has 104 valence electrons. The maximum atomic E-state index is 4.54. The first-order chi connectivity index (χ1) is 9.81. The van der Waals surface area contributed by atoms with E-state index >= 15 is 0 Å². The van der Waals surface area contributed by atoms with Gasteiger partial charge >= 0.3 is 0 Å². The van der Waals surface area contributed by atoms with E-state index in [0.717, 1.165) is 5.69 Å². The fraction of sp³-hybridized carbons (Fsp3) is 0.389. The molecule has 1 aliphatic carbocycles. The first-order valence-corrected chi connectivity index (χ1v) is 7.59. The van der Waals surface area contributed by atoms with Crippen LogP contribution >= 0.6 is 0 Å². The summed E-state index contributed by atoms with van der Waals surface area (Å²) in [7, 11) is 0. The molecule has 2 aromatic rings. The van der Waals surface area contributed by atoms with E-state index in [1.807, 2.05) is 6.21 Å². The number of aryl methyl sites for hydroxylation is 1. The fourth-order valence-electron chi connectivity index (χ4n) is 2.89. The Bertz CT molecular complexity index is 572. The molecule has 1 heterocycles. The van der Waals surface area contributed by atoms with Crippen LogP contribution in [0.15, 0.2) is 47.7 Å². The van der Waals surface area contributed by atoms with Crippen molar-refractivity contribution in [3.05, 3.63) is 53.9 Å². The zero-order chi connectivity index (χ0) is 13.8. The summed E-state index contributed by atoms with van der Waals surface area (Å²) >= 11 is 0. The number of hydrogen-bond acceptors (Lipinski definition) is 1. The summed E-state index contributed by atoms with van der Waals surface area (Å²) < 4.78 is 2.37. The normalized spacial score (nSPS) is 16.9. The molecule has 1 fully saturated rings. The summed E-state index contributed by atoms with van der Waals surface area (Å²) in [6.45, 7) is 2.10.